The van der Waals surface area contributed by atoms with Gasteiger partial charge in [-0.2, -0.15) is 11.8 Å². The Labute approximate surface area is 122 Å². The van der Waals surface area contributed by atoms with Crippen LogP contribution in [0.15, 0.2) is 18.2 Å². The standard InChI is InChI=1S/C14H19NO4S/c1-9(20-3)13(16)15-7-6-10-4-5-11(14(17)18)8-12(10)19-2/h4-5,8-9H,6-7H2,1-3H3,(H,15,16)(H,17,18). The Hall–Kier alpha value is -1.69. The molecule has 1 unspecified atom stereocenters. The van der Waals surface area contributed by atoms with E-state index < -0.39 is 5.97 Å². The monoisotopic (exact) mass is 297 g/mol. The minimum atomic E-state index is -0.989. The molecule has 0 saturated heterocycles. The number of rotatable bonds is 7. The second-order valence-electron chi connectivity index (χ2n) is 4.25. The number of thioether (sulfide) groups is 1. The van der Waals surface area contributed by atoms with Crippen molar-refractivity contribution in [3.8, 4) is 5.75 Å². The summed E-state index contributed by atoms with van der Waals surface area (Å²) in [5.74, 6) is -0.465. The smallest absolute Gasteiger partial charge is 0.335 e. The number of benzene rings is 1. The molecule has 0 spiro atoms. The largest absolute Gasteiger partial charge is 0.496 e. The predicted molar refractivity (Wildman–Crippen MR) is 79.6 cm³/mol. The van der Waals surface area contributed by atoms with Crippen molar-refractivity contribution in [2.75, 3.05) is 19.9 Å². The van der Waals surface area contributed by atoms with Crippen LogP contribution in [0.4, 0.5) is 0 Å². The summed E-state index contributed by atoms with van der Waals surface area (Å²) < 4.78 is 5.18. The van der Waals surface area contributed by atoms with Crippen LogP contribution in [0.1, 0.15) is 22.8 Å². The van der Waals surface area contributed by atoms with E-state index in [4.69, 9.17) is 9.84 Å². The van der Waals surface area contributed by atoms with Crippen LogP contribution in [-0.4, -0.2) is 42.1 Å². The fourth-order valence-electron chi connectivity index (χ4n) is 1.66. The van der Waals surface area contributed by atoms with Gasteiger partial charge < -0.3 is 15.2 Å². The Morgan fingerprint density at radius 2 is 2.15 bits per heavy atom. The first-order valence-corrected chi connectivity index (χ1v) is 7.49. The van der Waals surface area contributed by atoms with E-state index in [2.05, 4.69) is 5.32 Å². The highest BCUT2D eigenvalue weighted by molar-refractivity contribution is 7.99. The number of nitrogens with one attached hydrogen (secondary N) is 1. The van der Waals surface area contributed by atoms with Crippen LogP contribution in [0.2, 0.25) is 0 Å². The Morgan fingerprint density at radius 3 is 2.70 bits per heavy atom. The number of hydrogen-bond donors (Lipinski definition) is 2. The second kappa shape index (κ2) is 7.79. The molecule has 5 nitrogen and oxygen atoms in total. The van der Waals surface area contributed by atoms with Crippen molar-refractivity contribution in [2.45, 2.75) is 18.6 Å². The van der Waals surface area contributed by atoms with E-state index >= 15 is 0 Å². The zero-order chi connectivity index (χ0) is 15.1. The first kappa shape index (κ1) is 16.4. The van der Waals surface area contributed by atoms with Crippen molar-refractivity contribution in [3.05, 3.63) is 29.3 Å². The highest BCUT2D eigenvalue weighted by Crippen LogP contribution is 2.20. The van der Waals surface area contributed by atoms with Crippen molar-refractivity contribution in [3.63, 3.8) is 0 Å². The molecule has 0 aliphatic heterocycles. The Balaban J connectivity index is 2.64. The van der Waals surface area contributed by atoms with E-state index in [9.17, 15) is 9.59 Å². The van der Waals surface area contributed by atoms with E-state index in [-0.39, 0.29) is 16.7 Å². The van der Waals surface area contributed by atoms with Crippen molar-refractivity contribution >= 4 is 23.6 Å². The van der Waals surface area contributed by atoms with Gasteiger partial charge in [-0.25, -0.2) is 4.79 Å². The van der Waals surface area contributed by atoms with Gasteiger partial charge in [-0.1, -0.05) is 6.07 Å². The molecule has 1 aromatic rings. The average Bonchev–Trinajstić information content (AvgIpc) is 2.46. The van der Waals surface area contributed by atoms with Gasteiger partial charge in [0.2, 0.25) is 5.91 Å². The number of methoxy groups -OCH3 is 1. The van der Waals surface area contributed by atoms with Crippen LogP contribution in [0.25, 0.3) is 0 Å². The Kier molecular flexibility index (Phi) is 6.38. The number of carboxylic acids is 1. The minimum Gasteiger partial charge on any atom is -0.496 e. The summed E-state index contributed by atoms with van der Waals surface area (Å²) in [6.07, 6.45) is 2.48. The highest BCUT2D eigenvalue weighted by Gasteiger charge is 2.12. The average molecular weight is 297 g/mol. The lowest BCUT2D eigenvalue weighted by Gasteiger charge is -2.12. The molecule has 0 aliphatic rings. The van der Waals surface area contributed by atoms with Gasteiger partial charge in [0.15, 0.2) is 0 Å². The van der Waals surface area contributed by atoms with Gasteiger partial charge in [-0.15, -0.1) is 0 Å². The normalized spacial score (nSPS) is 11.8. The predicted octanol–water partition coefficient (Wildman–Crippen LogP) is 1.80. The summed E-state index contributed by atoms with van der Waals surface area (Å²) >= 11 is 1.49. The molecule has 0 heterocycles. The van der Waals surface area contributed by atoms with Crippen LogP contribution in [0, 0.1) is 0 Å². The van der Waals surface area contributed by atoms with E-state index in [1.807, 2.05) is 13.2 Å². The van der Waals surface area contributed by atoms with E-state index in [0.717, 1.165) is 5.56 Å². The third-order valence-electron chi connectivity index (χ3n) is 2.95. The number of carbonyl (C=O) groups excluding carboxylic acids is 1. The lowest BCUT2D eigenvalue weighted by atomic mass is 10.1. The number of carboxylic acid groups (broad SMARTS) is 1. The first-order chi connectivity index (χ1) is 9.49. The summed E-state index contributed by atoms with van der Waals surface area (Å²) in [6, 6.07) is 4.74. The first-order valence-electron chi connectivity index (χ1n) is 6.20. The molecule has 20 heavy (non-hydrogen) atoms. The number of aromatic carboxylic acids is 1. The van der Waals surface area contributed by atoms with Crippen molar-refractivity contribution in [2.24, 2.45) is 0 Å². The quantitative estimate of drug-likeness (QED) is 0.802. The van der Waals surface area contributed by atoms with Crippen molar-refractivity contribution in [1.82, 2.24) is 5.32 Å². The fourth-order valence-corrected chi connectivity index (χ4v) is 1.95. The lowest BCUT2D eigenvalue weighted by molar-refractivity contribution is -0.120. The van der Waals surface area contributed by atoms with E-state index in [1.54, 1.807) is 6.07 Å². The summed E-state index contributed by atoms with van der Waals surface area (Å²) in [7, 11) is 1.50. The van der Waals surface area contributed by atoms with Crippen LogP contribution >= 0.6 is 11.8 Å². The summed E-state index contributed by atoms with van der Waals surface area (Å²) in [5, 5.41) is 11.7. The molecule has 0 fully saturated rings. The summed E-state index contributed by atoms with van der Waals surface area (Å²) in [5.41, 5.74) is 1.06. The highest BCUT2D eigenvalue weighted by atomic mass is 32.2. The van der Waals surface area contributed by atoms with E-state index in [1.165, 1.54) is 31.0 Å². The van der Waals surface area contributed by atoms with Crippen molar-refractivity contribution < 1.29 is 19.4 Å². The van der Waals surface area contributed by atoms with Gasteiger partial charge in [0.25, 0.3) is 0 Å². The lowest BCUT2D eigenvalue weighted by Crippen LogP contribution is -2.32. The topological polar surface area (TPSA) is 75.6 Å². The molecule has 1 amide bonds. The number of hydrogen-bond acceptors (Lipinski definition) is 4. The van der Waals surface area contributed by atoms with Gasteiger partial charge in [0.05, 0.1) is 17.9 Å². The third kappa shape index (κ3) is 4.45. The third-order valence-corrected chi connectivity index (χ3v) is 3.87. The zero-order valence-corrected chi connectivity index (χ0v) is 12.6. The second-order valence-corrected chi connectivity index (χ2v) is 5.43. The molecule has 0 aliphatic carbocycles. The maximum atomic E-state index is 11.6. The van der Waals surface area contributed by atoms with Gasteiger partial charge in [0.1, 0.15) is 5.75 Å². The minimum absolute atomic E-state index is 0.00128. The Bertz CT molecular complexity index is 490. The molecule has 0 radical (unpaired) electrons. The molecule has 0 aromatic heterocycles. The molecular weight excluding hydrogens is 278 g/mol. The maximum absolute atomic E-state index is 11.6. The summed E-state index contributed by atoms with van der Waals surface area (Å²) in [4.78, 5) is 22.5. The van der Waals surface area contributed by atoms with Crippen LogP contribution in [-0.2, 0) is 11.2 Å². The zero-order valence-electron chi connectivity index (χ0n) is 11.8. The van der Waals surface area contributed by atoms with Crippen LogP contribution in [0.3, 0.4) is 0 Å². The summed E-state index contributed by atoms with van der Waals surface area (Å²) in [6.45, 7) is 2.34. The number of ether oxygens (including phenoxy) is 1. The molecule has 1 rings (SSSR count). The maximum Gasteiger partial charge on any atom is 0.335 e. The molecule has 1 atom stereocenters. The van der Waals surface area contributed by atoms with Gasteiger partial charge in [0, 0.05) is 6.54 Å². The van der Waals surface area contributed by atoms with Crippen LogP contribution < -0.4 is 10.1 Å². The van der Waals surface area contributed by atoms with Crippen LogP contribution in [0.5, 0.6) is 5.75 Å². The molecule has 2 N–H and O–H groups in total. The van der Waals surface area contributed by atoms with E-state index in [0.29, 0.717) is 18.7 Å². The fraction of sp³-hybridized carbons (Fsp3) is 0.429. The van der Waals surface area contributed by atoms with Gasteiger partial charge >= 0.3 is 5.97 Å². The number of amides is 1. The van der Waals surface area contributed by atoms with Gasteiger partial charge in [-0.05, 0) is 37.3 Å². The van der Waals surface area contributed by atoms with Crippen molar-refractivity contribution in [1.29, 1.82) is 0 Å². The molecule has 1 aromatic carbocycles. The molecule has 0 saturated carbocycles. The molecule has 110 valence electrons. The molecular formula is C14H19NO4S. The SMILES string of the molecule is COc1cc(C(=O)O)ccc1CCNC(=O)C(C)SC. The Morgan fingerprint density at radius 1 is 1.45 bits per heavy atom. The van der Waals surface area contributed by atoms with Gasteiger partial charge in [-0.3, -0.25) is 4.79 Å². The molecule has 0 bridgehead atoms. The number of carbonyl (C=O) groups is 2. The molecule has 6 heteroatoms.